The third-order valence-electron chi connectivity index (χ3n) is 6.49. The molecule has 0 radical (unpaired) electrons. The number of benzene rings is 2. The second kappa shape index (κ2) is 7.63. The average molecular weight is 527 g/mol. The number of likely N-dealkylation sites (N-methyl/N-ethyl adjacent to an activating group) is 1. The molecule has 2 aliphatic carbocycles. The predicted molar refractivity (Wildman–Crippen MR) is 120 cm³/mol. The number of ketones is 2. The van der Waals surface area contributed by atoms with Gasteiger partial charge in [-0.25, -0.2) is 0 Å². The first-order chi connectivity index (χ1) is 16.0. The molecule has 0 unspecified atom stereocenters. The summed E-state index contributed by atoms with van der Waals surface area (Å²) >= 11 is 6.14. The van der Waals surface area contributed by atoms with Gasteiger partial charge in [0.1, 0.15) is 27.7 Å². The molecule has 0 bridgehead atoms. The maximum absolute atomic E-state index is 13.6. The van der Waals surface area contributed by atoms with Crippen LogP contribution in [0.2, 0.25) is 5.02 Å². The van der Waals surface area contributed by atoms with Crippen LogP contribution in [0.25, 0.3) is 10.8 Å². The minimum Gasteiger partial charge on any atom is -0.508 e. The van der Waals surface area contributed by atoms with Crippen LogP contribution >= 0.6 is 11.6 Å². The molecule has 0 heterocycles. The number of phenolic OH excluding ortho intramolecular Hbond substituents is 2. The van der Waals surface area contributed by atoms with Crippen molar-refractivity contribution in [1.82, 2.24) is 4.90 Å². The highest BCUT2D eigenvalue weighted by Gasteiger charge is 2.62. The highest BCUT2D eigenvalue weighted by atomic mass is 35.5. The summed E-state index contributed by atoms with van der Waals surface area (Å²) in [5.41, 5.74) is 0.838. The van der Waals surface area contributed by atoms with E-state index in [1.165, 1.54) is 25.1 Å². The van der Waals surface area contributed by atoms with E-state index in [1.54, 1.807) is 0 Å². The van der Waals surface area contributed by atoms with Gasteiger partial charge in [-0.1, -0.05) is 11.6 Å². The number of hydrogen-bond donors (Lipinski definition) is 6. The Balaban J connectivity index is 2.11. The number of nitrogens with two attached hydrogens (primary N) is 1. The van der Waals surface area contributed by atoms with Crippen LogP contribution in [-0.2, 0) is 26.1 Å². The minimum absolute atomic E-state index is 0.0607. The molecule has 12 nitrogen and oxygen atoms in total. The number of hydrogen-bond acceptors (Lipinski definition) is 10. The van der Waals surface area contributed by atoms with Crippen LogP contribution in [0.3, 0.4) is 0 Å². The number of primary amides is 1. The lowest BCUT2D eigenvalue weighted by molar-refractivity contribution is -0.132. The van der Waals surface area contributed by atoms with E-state index >= 15 is 0 Å². The molecule has 0 spiro atoms. The molecule has 186 valence electrons. The third-order valence-corrected chi connectivity index (χ3v) is 7.67. The fourth-order valence-electron chi connectivity index (χ4n) is 4.98. The molecule has 0 saturated carbocycles. The summed E-state index contributed by atoms with van der Waals surface area (Å²) in [4.78, 5) is 38.8. The Morgan fingerprint density at radius 2 is 1.77 bits per heavy atom. The Labute approximate surface area is 202 Å². The number of phenols is 2. The van der Waals surface area contributed by atoms with E-state index in [0.29, 0.717) is 0 Å². The van der Waals surface area contributed by atoms with E-state index in [-0.39, 0.29) is 22.4 Å². The normalized spacial score (nSPS) is 24.6. The molecular formula is C21H19ClN2O10S. The Morgan fingerprint density at radius 3 is 2.29 bits per heavy atom. The number of halogens is 1. The molecule has 0 saturated heterocycles. The van der Waals surface area contributed by atoms with Gasteiger partial charge in [-0.15, -0.1) is 0 Å². The number of fused-ring (bicyclic) bond motifs is 3. The number of Topliss-reactive ketones (excluding diaryl/α,β-unsaturated/α-hetero) is 2. The van der Waals surface area contributed by atoms with E-state index in [1.807, 2.05) is 0 Å². The molecule has 3 atom stereocenters. The van der Waals surface area contributed by atoms with Crippen molar-refractivity contribution in [1.29, 1.82) is 0 Å². The van der Waals surface area contributed by atoms with Gasteiger partial charge in [0.05, 0.1) is 22.0 Å². The highest BCUT2D eigenvalue weighted by molar-refractivity contribution is 7.86. The number of aliphatic hydroxyl groups is 2. The van der Waals surface area contributed by atoms with Gasteiger partial charge in [-0.05, 0) is 38.2 Å². The largest absolute Gasteiger partial charge is 0.508 e. The second-order valence-corrected chi connectivity index (χ2v) is 10.4. The summed E-state index contributed by atoms with van der Waals surface area (Å²) < 4.78 is 32.7. The van der Waals surface area contributed by atoms with Crippen molar-refractivity contribution in [3.05, 3.63) is 39.6 Å². The number of rotatable bonds is 3. The average Bonchev–Trinajstić information content (AvgIpc) is 2.71. The van der Waals surface area contributed by atoms with E-state index in [9.17, 15) is 47.8 Å². The number of carbonyl (C=O) groups is 3. The maximum Gasteiger partial charge on any atom is 0.298 e. The zero-order chi connectivity index (χ0) is 26.4. The topological polar surface area (TPSA) is 216 Å². The Bertz CT molecular complexity index is 1510. The van der Waals surface area contributed by atoms with Crippen LogP contribution < -0.4 is 5.73 Å². The molecule has 2 aromatic carbocycles. The summed E-state index contributed by atoms with van der Waals surface area (Å²) in [6, 6.07) is 0.722. The SMILES string of the molecule is CN(C)[C@@H]1C(=O)C(C(N)=O)=C(O)[C@@]2(O)C(=O)c3c(cc4c(Cl)cc(S(=O)(=O)O)c(O)c4c3O)C[C@@H]12. The molecule has 0 aliphatic heterocycles. The molecule has 1 amide bonds. The second-order valence-electron chi connectivity index (χ2n) is 8.63. The monoisotopic (exact) mass is 526 g/mol. The molecule has 7 N–H and O–H groups in total. The van der Waals surface area contributed by atoms with Crippen LogP contribution in [0, 0.1) is 5.92 Å². The number of nitrogens with zero attached hydrogens (tertiary/aromatic N) is 1. The van der Waals surface area contributed by atoms with Crippen molar-refractivity contribution in [3.8, 4) is 11.5 Å². The summed E-state index contributed by atoms with van der Waals surface area (Å²) in [5.74, 6) is -8.33. The first kappa shape index (κ1) is 24.9. The van der Waals surface area contributed by atoms with E-state index in [0.717, 1.165) is 6.07 Å². The first-order valence-corrected chi connectivity index (χ1v) is 11.8. The molecule has 35 heavy (non-hydrogen) atoms. The third kappa shape index (κ3) is 3.23. The molecule has 2 aromatic rings. The van der Waals surface area contributed by atoms with Gasteiger partial charge in [-0.2, -0.15) is 8.42 Å². The van der Waals surface area contributed by atoms with Gasteiger partial charge in [0.25, 0.3) is 16.0 Å². The van der Waals surface area contributed by atoms with Gasteiger partial charge >= 0.3 is 0 Å². The van der Waals surface area contributed by atoms with Crippen molar-refractivity contribution < 1.29 is 47.8 Å². The van der Waals surface area contributed by atoms with Crippen molar-refractivity contribution >= 4 is 50.0 Å². The molecular weight excluding hydrogens is 508 g/mol. The number of aliphatic hydroxyl groups excluding tert-OH is 1. The molecule has 14 heteroatoms. The van der Waals surface area contributed by atoms with Crippen LogP contribution in [0.1, 0.15) is 15.9 Å². The fourth-order valence-corrected chi connectivity index (χ4v) is 5.92. The lowest BCUT2D eigenvalue weighted by Crippen LogP contribution is -2.64. The summed E-state index contributed by atoms with van der Waals surface area (Å²) in [7, 11) is -2.10. The van der Waals surface area contributed by atoms with Gasteiger partial charge in [0.15, 0.2) is 11.4 Å². The molecule has 4 rings (SSSR count). The number of carbonyl (C=O) groups excluding carboxylic acids is 3. The minimum atomic E-state index is -5.00. The Kier molecular flexibility index (Phi) is 5.43. The first-order valence-electron chi connectivity index (χ1n) is 9.93. The van der Waals surface area contributed by atoms with E-state index < -0.39 is 83.8 Å². The van der Waals surface area contributed by atoms with Crippen LogP contribution in [0.15, 0.2) is 28.4 Å². The fraction of sp³-hybridized carbons (Fsp3) is 0.286. The predicted octanol–water partition coefficient (Wildman–Crippen LogP) is 0.0475. The van der Waals surface area contributed by atoms with E-state index in [4.69, 9.17) is 17.3 Å². The molecule has 0 aromatic heterocycles. The van der Waals surface area contributed by atoms with Gasteiger partial charge in [0.2, 0.25) is 5.78 Å². The molecule has 2 aliphatic rings. The Hall–Kier alpha value is -3.23. The van der Waals surface area contributed by atoms with Crippen molar-refractivity contribution in [3.63, 3.8) is 0 Å². The van der Waals surface area contributed by atoms with Crippen LogP contribution in [0.5, 0.6) is 11.5 Å². The van der Waals surface area contributed by atoms with Gasteiger partial charge in [0, 0.05) is 11.3 Å². The standard InChI is InChI=1S/C21H19ClN2O10S/c1-24(2)14-8-4-6-3-7-9(22)5-10(35(32,33)34)15(25)12(7)16(26)11(6)18(28)21(8,31)19(29)13(17(14)27)20(23)30/h3,5,8,14,25-26,29,31H,4H2,1-2H3,(H2,23,30)(H,32,33,34)/t8-,14-,21-/m0/s1. The van der Waals surface area contributed by atoms with Crippen LogP contribution in [-0.4, -0.2) is 81.5 Å². The van der Waals surface area contributed by atoms with Gasteiger partial charge < -0.3 is 26.2 Å². The van der Waals surface area contributed by atoms with Crippen molar-refractivity contribution in [2.75, 3.05) is 14.1 Å². The zero-order valence-corrected chi connectivity index (χ0v) is 19.7. The number of aromatic hydroxyl groups is 2. The lowest BCUT2D eigenvalue weighted by Gasteiger charge is -2.47. The summed E-state index contributed by atoms with van der Waals surface area (Å²) in [6.07, 6.45) is -0.289. The van der Waals surface area contributed by atoms with E-state index in [2.05, 4.69) is 0 Å². The smallest absolute Gasteiger partial charge is 0.298 e. The summed E-state index contributed by atoms with van der Waals surface area (Å²) in [5, 5.41) is 42.6. The maximum atomic E-state index is 13.6. The van der Waals surface area contributed by atoms with Crippen LogP contribution in [0.4, 0.5) is 0 Å². The lowest BCUT2D eigenvalue weighted by atomic mass is 9.62. The summed E-state index contributed by atoms with van der Waals surface area (Å²) in [6.45, 7) is 0. The van der Waals surface area contributed by atoms with Crippen molar-refractivity contribution in [2.45, 2.75) is 23.0 Å². The van der Waals surface area contributed by atoms with Gasteiger partial charge in [-0.3, -0.25) is 23.8 Å². The Morgan fingerprint density at radius 1 is 1.17 bits per heavy atom. The highest BCUT2D eigenvalue weighted by Crippen LogP contribution is 2.51. The zero-order valence-electron chi connectivity index (χ0n) is 18.1. The number of amides is 1. The molecule has 0 fully saturated rings. The quantitative estimate of drug-likeness (QED) is 0.232. The van der Waals surface area contributed by atoms with Crippen molar-refractivity contribution in [2.24, 2.45) is 11.7 Å².